The van der Waals surface area contributed by atoms with Crippen molar-refractivity contribution >= 4 is 34.1 Å². The van der Waals surface area contributed by atoms with Crippen LogP contribution in [-0.4, -0.2) is 28.4 Å². The fraction of sp³-hybridized carbons (Fsp3) is 0.148. The van der Waals surface area contributed by atoms with Gasteiger partial charge in [0.05, 0.1) is 19.6 Å². The Balaban J connectivity index is 1.42. The van der Waals surface area contributed by atoms with Crippen molar-refractivity contribution in [3.05, 3.63) is 112 Å². The lowest BCUT2D eigenvalue weighted by Crippen LogP contribution is -2.08. The highest BCUT2D eigenvalue weighted by molar-refractivity contribution is 6.30. The summed E-state index contributed by atoms with van der Waals surface area (Å²) in [5.41, 5.74) is 3.54. The minimum absolute atomic E-state index is 0.144. The van der Waals surface area contributed by atoms with Gasteiger partial charge in [0.1, 0.15) is 5.69 Å². The van der Waals surface area contributed by atoms with E-state index >= 15 is 0 Å². The molecule has 0 bridgehead atoms. The Morgan fingerprint density at radius 2 is 1.55 bits per heavy atom. The molecule has 3 aromatic carbocycles. The molecule has 0 spiro atoms. The van der Waals surface area contributed by atoms with Crippen LogP contribution >= 0.6 is 11.6 Å². The molecule has 0 saturated carbocycles. The molecule has 1 N–H and O–H groups in total. The zero-order chi connectivity index (χ0) is 23.2. The molecule has 0 aliphatic heterocycles. The molecule has 4 aromatic rings. The first kappa shape index (κ1) is 22.6. The van der Waals surface area contributed by atoms with Gasteiger partial charge in [0, 0.05) is 22.2 Å². The van der Waals surface area contributed by atoms with Crippen LogP contribution in [0, 0.1) is 0 Å². The number of halogens is 1. The molecular weight excluding hydrogens is 438 g/mol. The number of aromatic nitrogens is 1. The van der Waals surface area contributed by atoms with E-state index in [2.05, 4.69) is 4.98 Å². The number of carboxylic acid groups (broad SMARTS) is 1. The largest absolute Gasteiger partial charge is 0.481 e. The van der Waals surface area contributed by atoms with E-state index in [4.69, 9.17) is 21.4 Å². The van der Waals surface area contributed by atoms with Crippen LogP contribution in [0.1, 0.15) is 32.7 Å². The lowest BCUT2D eigenvalue weighted by Gasteiger charge is -2.09. The Kier molecular flexibility index (Phi) is 7.13. The zero-order valence-electron chi connectivity index (χ0n) is 17.8. The van der Waals surface area contributed by atoms with Crippen LogP contribution in [0.3, 0.4) is 0 Å². The molecule has 0 fully saturated rings. The van der Waals surface area contributed by atoms with Crippen molar-refractivity contribution in [2.45, 2.75) is 19.4 Å². The van der Waals surface area contributed by atoms with Crippen LogP contribution in [0.4, 0.5) is 0 Å². The van der Waals surface area contributed by atoms with E-state index in [9.17, 15) is 9.59 Å². The average Bonchev–Trinajstić information content (AvgIpc) is 2.83. The molecule has 0 saturated heterocycles. The molecule has 4 rings (SSSR count). The second-order valence-electron chi connectivity index (χ2n) is 7.70. The number of carboxylic acids is 1. The number of rotatable bonds is 9. The number of pyridine rings is 1. The van der Waals surface area contributed by atoms with Gasteiger partial charge < -0.3 is 9.84 Å². The first-order chi connectivity index (χ1) is 16.0. The Morgan fingerprint density at radius 3 is 2.24 bits per heavy atom. The predicted octanol–water partition coefficient (Wildman–Crippen LogP) is 5.51. The fourth-order valence-corrected chi connectivity index (χ4v) is 3.78. The molecule has 0 aliphatic carbocycles. The molecule has 1 heterocycles. The number of hydrogen-bond donors (Lipinski definition) is 1. The number of hydrogen-bond acceptors (Lipinski definition) is 4. The fourth-order valence-electron chi connectivity index (χ4n) is 3.66. The van der Waals surface area contributed by atoms with Gasteiger partial charge in [0.25, 0.3) is 0 Å². The summed E-state index contributed by atoms with van der Waals surface area (Å²) < 4.78 is 5.76. The van der Waals surface area contributed by atoms with E-state index in [0.29, 0.717) is 40.4 Å². The maximum atomic E-state index is 13.1. The summed E-state index contributed by atoms with van der Waals surface area (Å²) in [6, 6.07) is 22.2. The minimum Gasteiger partial charge on any atom is -0.481 e. The van der Waals surface area contributed by atoms with Gasteiger partial charge in [0.2, 0.25) is 5.78 Å². The Hall–Kier alpha value is -3.54. The van der Waals surface area contributed by atoms with E-state index in [1.165, 1.54) is 6.20 Å². The number of fused-ring (bicyclic) bond motifs is 1. The molecule has 0 unspecified atom stereocenters. The second kappa shape index (κ2) is 10.4. The number of nitrogens with zero attached hydrogens (tertiary/aromatic N) is 1. The lowest BCUT2D eigenvalue weighted by atomic mass is 9.98. The van der Waals surface area contributed by atoms with Crippen molar-refractivity contribution in [3.8, 4) is 0 Å². The molecular formula is C27H22ClNO4. The van der Waals surface area contributed by atoms with Gasteiger partial charge >= 0.3 is 5.97 Å². The molecule has 0 amide bonds. The molecule has 5 nitrogen and oxygen atoms in total. The number of carbonyl (C=O) groups excluding carboxylic acids is 1. The Labute approximate surface area is 196 Å². The first-order valence-electron chi connectivity index (χ1n) is 10.6. The quantitative estimate of drug-likeness (QED) is 0.264. The van der Waals surface area contributed by atoms with E-state index < -0.39 is 5.97 Å². The highest BCUT2D eigenvalue weighted by Gasteiger charge is 2.17. The van der Waals surface area contributed by atoms with Crippen molar-refractivity contribution in [1.82, 2.24) is 4.98 Å². The number of ketones is 1. The third-order valence-electron chi connectivity index (χ3n) is 5.37. The number of aliphatic carboxylic acids is 1. The highest BCUT2D eigenvalue weighted by Crippen LogP contribution is 2.24. The van der Waals surface area contributed by atoms with Gasteiger partial charge in [0.15, 0.2) is 0 Å². The summed E-state index contributed by atoms with van der Waals surface area (Å²) >= 11 is 5.90. The zero-order valence-corrected chi connectivity index (χ0v) is 18.6. The summed E-state index contributed by atoms with van der Waals surface area (Å²) in [5, 5.41) is 11.2. The van der Waals surface area contributed by atoms with Crippen LogP contribution in [0.2, 0.25) is 5.02 Å². The van der Waals surface area contributed by atoms with Gasteiger partial charge in [-0.1, -0.05) is 72.3 Å². The van der Waals surface area contributed by atoms with Gasteiger partial charge in [-0.25, -0.2) is 0 Å². The molecule has 0 radical (unpaired) electrons. The van der Waals surface area contributed by atoms with Crippen LogP contribution < -0.4 is 0 Å². The van der Waals surface area contributed by atoms with Crippen molar-refractivity contribution in [3.63, 3.8) is 0 Å². The van der Waals surface area contributed by atoms with Gasteiger partial charge in [-0.05, 0) is 40.6 Å². The number of ether oxygens (including phenoxy) is 1. The topological polar surface area (TPSA) is 76.5 Å². The molecule has 0 aliphatic rings. The lowest BCUT2D eigenvalue weighted by molar-refractivity contribution is -0.136. The second-order valence-corrected chi connectivity index (χ2v) is 8.14. The maximum absolute atomic E-state index is 13.1. The summed E-state index contributed by atoms with van der Waals surface area (Å²) in [5.74, 6) is -1.14. The van der Waals surface area contributed by atoms with Gasteiger partial charge in [-0.2, -0.15) is 0 Å². The van der Waals surface area contributed by atoms with Gasteiger partial charge in [-0.15, -0.1) is 0 Å². The number of carbonyl (C=O) groups is 2. The standard InChI is InChI=1S/C27H22ClNO4/c28-22-11-7-18(8-12-22)13-14-33-17-19-5-9-20(10-6-19)27(32)26-24-4-2-1-3-23(24)21(16-29-26)15-25(30)31/h1-12,16H,13-15,17H2,(H,30,31). The summed E-state index contributed by atoms with van der Waals surface area (Å²) in [4.78, 5) is 28.6. The smallest absolute Gasteiger partial charge is 0.307 e. The normalized spacial score (nSPS) is 10.9. The van der Waals surface area contributed by atoms with Crippen molar-refractivity contribution in [1.29, 1.82) is 0 Å². The third kappa shape index (κ3) is 5.64. The maximum Gasteiger partial charge on any atom is 0.307 e. The number of benzene rings is 3. The predicted molar refractivity (Wildman–Crippen MR) is 128 cm³/mol. The van der Waals surface area contributed by atoms with Crippen molar-refractivity contribution < 1.29 is 19.4 Å². The van der Waals surface area contributed by atoms with Crippen molar-refractivity contribution in [2.24, 2.45) is 0 Å². The molecule has 33 heavy (non-hydrogen) atoms. The van der Waals surface area contributed by atoms with E-state index in [1.807, 2.05) is 54.6 Å². The monoisotopic (exact) mass is 459 g/mol. The molecule has 0 atom stereocenters. The van der Waals surface area contributed by atoms with Crippen LogP contribution in [0.15, 0.2) is 79.0 Å². The Morgan fingerprint density at radius 1 is 0.879 bits per heavy atom. The van der Waals surface area contributed by atoms with Crippen LogP contribution in [-0.2, 0) is 29.0 Å². The SMILES string of the molecule is O=C(O)Cc1cnc(C(=O)c2ccc(COCCc3ccc(Cl)cc3)cc2)c2ccccc12. The van der Waals surface area contributed by atoms with E-state index in [1.54, 1.807) is 18.2 Å². The summed E-state index contributed by atoms with van der Waals surface area (Å²) in [6.45, 7) is 1.04. The Bertz CT molecular complexity index is 1280. The summed E-state index contributed by atoms with van der Waals surface area (Å²) in [6.07, 6.45) is 2.13. The van der Waals surface area contributed by atoms with Crippen LogP contribution in [0.5, 0.6) is 0 Å². The molecule has 166 valence electrons. The van der Waals surface area contributed by atoms with E-state index in [0.717, 1.165) is 22.9 Å². The summed E-state index contributed by atoms with van der Waals surface area (Å²) in [7, 11) is 0. The van der Waals surface area contributed by atoms with Crippen LogP contribution in [0.25, 0.3) is 10.8 Å². The first-order valence-corrected chi connectivity index (χ1v) is 10.9. The average molecular weight is 460 g/mol. The van der Waals surface area contributed by atoms with Gasteiger partial charge in [-0.3, -0.25) is 14.6 Å². The molecule has 1 aromatic heterocycles. The third-order valence-corrected chi connectivity index (χ3v) is 5.62. The van der Waals surface area contributed by atoms with E-state index in [-0.39, 0.29) is 12.2 Å². The molecule has 6 heteroatoms. The highest BCUT2D eigenvalue weighted by atomic mass is 35.5. The van der Waals surface area contributed by atoms with Crippen molar-refractivity contribution in [2.75, 3.05) is 6.61 Å². The minimum atomic E-state index is -0.938.